The van der Waals surface area contributed by atoms with E-state index in [1.807, 2.05) is 0 Å². The van der Waals surface area contributed by atoms with E-state index in [0.717, 1.165) is 4.47 Å². The van der Waals surface area contributed by atoms with Gasteiger partial charge in [0.1, 0.15) is 11.5 Å². The minimum Gasteiger partial charge on any atom is -0.460 e. The fourth-order valence-electron chi connectivity index (χ4n) is 1.68. The highest BCUT2D eigenvalue weighted by atomic mass is 79.9. The summed E-state index contributed by atoms with van der Waals surface area (Å²) in [6.07, 6.45) is 0. The van der Waals surface area contributed by atoms with Crippen molar-refractivity contribution in [2.24, 2.45) is 5.73 Å². The van der Waals surface area contributed by atoms with E-state index in [4.69, 9.17) is 10.2 Å². The number of nitro benzene ring substituents is 1. The van der Waals surface area contributed by atoms with Crippen LogP contribution in [0, 0.1) is 17.0 Å². The minimum absolute atomic E-state index is 0.0684. The highest BCUT2D eigenvalue weighted by Gasteiger charge is 2.17. The Morgan fingerprint density at radius 2 is 2.17 bits per heavy atom. The summed E-state index contributed by atoms with van der Waals surface area (Å²) in [4.78, 5) is 10.5. The lowest BCUT2D eigenvalue weighted by molar-refractivity contribution is -0.385. The first kappa shape index (κ1) is 12.8. The van der Waals surface area contributed by atoms with Crippen molar-refractivity contribution >= 4 is 21.6 Å². The first-order valence-corrected chi connectivity index (χ1v) is 6.06. The Kier molecular flexibility index (Phi) is 3.49. The maximum Gasteiger partial charge on any atom is 0.273 e. The van der Waals surface area contributed by atoms with Gasteiger partial charge in [-0.25, -0.2) is 0 Å². The molecule has 0 saturated carbocycles. The van der Waals surface area contributed by atoms with Crippen LogP contribution in [0.3, 0.4) is 0 Å². The van der Waals surface area contributed by atoms with E-state index in [1.165, 1.54) is 6.07 Å². The third kappa shape index (κ3) is 2.30. The van der Waals surface area contributed by atoms with Gasteiger partial charge < -0.3 is 10.2 Å². The predicted molar refractivity (Wildman–Crippen MR) is 71.1 cm³/mol. The summed E-state index contributed by atoms with van der Waals surface area (Å²) >= 11 is 3.38. The quantitative estimate of drug-likeness (QED) is 0.696. The zero-order chi connectivity index (χ0) is 13.3. The van der Waals surface area contributed by atoms with Crippen molar-refractivity contribution in [1.29, 1.82) is 0 Å². The molecule has 0 unspecified atom stereocenters. The zero-order valence-corrected chi connectivity index (χ0v) is 11.2. The normalized spacial score (nSPS) is 10.6. The molecular formula is C12H11BrN2O3. The maximum atomic E-state index is 10.9. The van der Waals surface area contributed by atoms with E-state index in [2.05, 4.69) is 15.9 Å². The summed E-state index contributed by atoms with van der Waals surface area (Å²) in [6.45, 7) is 1.99. The van der Waals surface area contributed by atoms with Crippen LogP contribution in [-0.4, -0.2) is 4.92 Å². The van der Waals surface area contributed by atoms with Crippen LogP contribution in [0.15, 0.2) is 33.2 Å². The fraction of sp³-hybridized carbons (Fsp3) is 0.167. The van der Waals surface area contributed by atoms with E-state index in [-0.39, 0.29) is 5.69 Å². The van der Waals surface area contributed by atoms with Crippen LogP contribution >= 0.6 is 15.9 Å². The maximum absolute atomic E-state index is 10.9. The van der Waals surface area contributed by atoms with Gasteiger partial charge >= 0.3 is 0 Å². The average molecular weight is 311 g/mol. The molecule has 0 radical (unpaired) electrons. The van der Waals surface area contributed by atoms with Crippen LogP contribution in [-0.2, 0) is 6.54 Å². The molecule has 6 heteroatoms. The molecule has 0 aliphatic carbocycles. The first-order chi connectivity index (χ1) is 8.52. The second-order valence-corrected chi connectivity index (χ2v) is 4.70. The van der Waals surface area contributed by atoms with Gasteiger partial charge in [-0.15, -0.1) is 0 Å². The fourth-order valence-corrected chi connectivity index (χ4v) is 2.33. The Morgan fingerprint density at radius 1 is 1.44 bits per heavy atom. The van der Waals surface area contributed by atoms with Crippen molar-refractivity contribution < 1.29 is 9.34 Å². The summed E-state index contributed by atoms with van der Waals surface area (Å²) in [7, 11) is 0. The lowest BCUT2D eigenvalue weighted by Gasteiger charge is -2.04. The molecule has 1 heterocycles. The van der Waals surface area contributed by atoms with E-state index >= 15 is 0 Å². The van der Waals surface area contributed by atoms with Crippen LogP contribution in [0.5, 0.6) is 0 Å². The van der Waals surface area contributed by atoms with Crippen LogP contribution in [0.4, 0.5) is 5.69 Å². The molecule has 2 rings (SSSR count). The van der Waals surface area contributed by atoms with Crippen molar-refractivity contribution in [2.75, 3.05) is 0 Å². The Bertz CT molecular complexity index is 607. The highest BCUT2D eigenvalue weighted by Crippen LogP contribution is 2.34. The Balaban J connectivity index is 2.56. The minimum atomic E-state index is -0.405. The molecular weight excluding hydrogens is 300 g/mol. The van der Waals surface area contributed by atoms with E-state index in [0.29, 0.717) is 29.2 Å². The Hall–Kier alpha value is -1.66. The van der Waals surface area contributed by atoms with Gasteiger partial charge in [-0.1, -0.05) is 15.9 Å². The monoisotopic (exact) mass is 310 g/mol. The Labute approximate surface area is 112 Å². The largest absolute Gasteiger partial charge is 0.460 e. The number of nitrogens with two attached hydrogens (primary N) is 1. The molecule has 2 N–H and O–H groups in total. The molecule has 94 valence electrons. The molecule has 18 heavy (non-hydrogen) atoms. The summed E-state index contributed by atoms with van der Waals surface area (Å²) in [5.41, 5.74) is 6.78. The number of hydrogen-bond donors (Lipinski definition) is 1. The van der Waals surface area contributed by atoms with E-state index in [1.54, 1.807) is 25.1 Å². The van der Waals surface area contributed by atoms with Gasteiger partial charge in [-0.2, -0.15) is 0 Å². The van der Waals surface area contributed by atoms with Crippen molar-refractivity contribution in [3.63, 3.8) is 0 Å². The molecule has 0 bridgehead atoms. The van der Waals surface area contributed by atoms with Gasteiger partial charge in [-0.3, -0.25) is 10.1 Å². The second kappa shape index (κ2) is 4.91. The van der Waals surface area contributed by atoms with Gasteiger partial charge in [0.15, 0.2) is 0 Å². The molecule has 0 saturated heterocycles. The number of benzene rings is 1. The van der Waals surface area contributed by atoms with Gasteiger partial charge in [-0.05, 0) is 25.1 Å². The molecule has 0 spiro atoms. The van der Waals surface area contributed by atoms with Crippen molar-refractivity contribution in [3.05, 3.63) is 50.2 Å². The van der Waals surface area contributed by atoms with Gasteiger partial charge in [0.2, 0.25) is 0 Å². The summed E-state index contributed by atoms with van der Waals surface area (Å²) in [5, 5.41) is 10.9. The molecule has 0 aliphatic rings. The van der Waals surface area contributed by atoms with Crippen molar-refractivity contribution in [1.82, 2.24) is 0 Å². The Morgan fingerprint density at radius 3 is 2.72 bits per heavy atom. The summed E-state index contributed by atoms with van der Waals surface area (Å²) in [6, 6.07) is 6.71. The lowest BCUT2D eigenvalue weighted by atomic mass is 10.1. The first-order valence-electron chi connectivity index (χ1n) is 5.26. The van der Waals surface area contributed by atoms with Crippen molar-refractivity contribution in [3.8, 4) is 11.3 Å². The van der Waals surface area contributed by atoms with Gasteiger partial charge in [0.05, 0.1) is 11.5 Å². The molecule has 1 aromatic carbocycles. The number of halogens is 1. The van der Waals surface area contributed by atoms with Crippen molar-refractivity contribution in [2.45, 2.75) is 13.5 Å². The number of nitrogens with zero attached hydrogens (tertiary/aromatic N) is 1. The standard InChI is InChI=1S/C12H11BrN2O3/c1-7-4-10(13)9(5-11(7)15(16)17)12-3-2-8(6-14)18-12/h2-5H,6,14H2,1H3. The lowest BCUT2D eigenvalue weighted by Crippen LogP contribution is -1.93. The van der Waals surface area contributed by atoms with Crippen LogP contribution in [0.1, 0.15) is 11.3 Å². The second-order valence-electron chi connectivity index (χ2n) is 3.85. The molecule has 0 aliphatic heterocycles. The zero-order valence-electron chi connectivity index (χ0n) is 9.64. The van der Waals surface area contributed by atoms with Crippen LogP contribution in [0.25, 0.3) is 11.3 Å². The summed E-state index contributed by atoms with van der Waals surface area (Å²) < 4.78 is 6.25. The van der Waals surface area contributed by atoms with E-state index in [9.17, 15) is 10.1 Å². The third-order valence-corrected chi connectivity index (χ3v) is 3.27. The number of furan rings is 1. The number of nitro groups is 1. The van der Waals surface area contributed by atoms with Gasteiger partial charge in [0, 0.05) is 21.7 Å². The average Bonchev–Trinajstić information content (AvgIpc) is 2.77. The van der Waals surface area contributed by atoms with Gasteiger partial charge in [0.25, 0.3) is 5.69 Å². The molecule has 0 fully saturated rings. The third-order valence-electron chi connectivity index (χ3n) is 2.61. The summed E-state index contributed by atoms with van der Waals surface area (Å²) in [5.74, 6) is 1.20. The highest BCUT2D eigenvalue weighted by molar-refractivity contribution is 9.10. The smallest absolute Gasteiger partial charge is 0.273 e. The van der Waals surface area contributed by atoms with Crippen LogP contribution < -0.4 is 5.73 Å². The SMILES string of the molecule is Cc1cc(Br)c(-c2ccc(CN)o2)cc1[N+](=O)[O-]. The number of hydrogen-bond acceptors (Lipinski definition) is 4. The molecule has 0 atom stereocenters. The topological polar surface area (TPSA) is 82.3 Å². The molecule has 5 nitrogen and oxygen atoms in total. The number of aryl methyl sites for hydroxylation is 1. The molecule has 1 aromatic heterocycles. The predicted octanol–water partition coefficient (Wildman–Crippen LogP) is 3.38. The number of rotatable bonds is 3. The van der Waals surface area contributed by atoms with Crippen LogP contribution in [0.2, 0.25) is 0 Å². The molecule has 0 amide bonds. The molecule has 2 aromatic rings. The van der Waals surface area contributed by atoms with E-state index < -0.39 is 4.92 Å².